The Labute approximate surface area is 106 Å². The van der Waals surface area contributed by atoms with E-state index in [9.17, 15) is 4.79 Å². The Balaban J connectivity index is 1.71. The smallest absolute Gasteiger partial charge is 0.258 e. The van der Waals surface area contributed by atoms with Crippen molar-refractivity contribution in [3.8, 4) is 0 Å². The number of nitrogens with zero attached hydrogens (tertiary/aromatic N) is 1. The molecule has 1 aromatic carbocycles. The van der Waals surface area contributed by atoms with Crippen molar-refractivity contribution >= 4 is 10.8 Å². The van der Waals surface area contributed by atoms with Crippen molar-refractivity contribution in [3.63, 3.8) is 0 Å². The number of nitrogens with one attached hydrogen (secondary N) is 1. The molecule has 18 heavy (non-hydrogen) atoms. The molecule has 0 amide bonds. The summed E-state index contributed by atoms with van der Waals surface area (Å²) in [6.45, 7) is 1.80. The molecule has 3 nitrogen and oxygen atoms in total. The highest BCUT2D eigenvalue weighted by atomic mass is 16.1. The molecule has 1 heterocycles. The Morgan fingerprint density at radius 3 is 2.89 bits per heavy atom. The SMILES string of the molecule is O=c1c2ccccc2ccn1CCCNC1CC1. The number of benzene rings is 1. The molecule has 1 aromatic heterocycles. The van der Waals surface area contributed by atoms with Crippen molar-refractivity contribution in [2.75, 3.05) is 6.54 Å². The Morgan fingerprint density at radius 2 is 2.06 bits per heavy atom. The fourth-order valence-corrected chi connectivity index (χ4v) is 2.25. The molecule has 0 atom stereocenters. The van der Waals surface area contributed by atoms with E-state index in [1.165, 1.54) is 12.8 Å². The molecule has 1 saturated carbocycles. The molecule has 0 aliphatic heterocycles. The molecule has 1 N–H and O–H groups in total. The number of hydrogen-bond donors (Lipinski definition) is 1. The monoisotopic (exact) mass is 242 g/mol. The summed E-state index contributed by atoms with van der Waals surface area (Å²) < 4.78 is 1.82. The van der Waals surface area contributed by atoms with E-state index in [1.54, 1.807) is 0 Å². The van der Waals surface area contributed by atoms with E-state index in [0.29, 0.717) is 0 Å². The van der Waals surface area contributed by atoms with E-state index in [4.69, 9.17) is 0 Å². The van der Waals surface area contributed by atoms with Gasteiger partial charge in [0, 0.05) is 24.2 Å². The second-order valence-electron chi connectivity index (χ2n) is 4.98. The van der Waals surface area contributed by atoms with Crippen molar-refractivity contribution in [1.82, 2.24) is 9.88 Å². The lowest BCUT2D eigenvalue weighted by atomic mass is 10.2. The summed E-state index contributed by atoms with van der Waals surface area (Å²) in [4.78, 5) is 12.2. The predicted octanol–water partition coefficient (Wildman–Crippen LogP) is 2.14. The van der Waals surface area contributed by atoms with Gasteiger partial charge in [0.25, 0.3) is 5.56 Å². The number of fused-ring (bicyclic) bond motifs is 1. The zero-order valence-corrected chi connectivity index (χ0v) is 10.4. The zero-order valence-electron chi connectivity index (χ0n) is 10.4. The molecule has 1 aliphatic carbocycles. The molecule has 94 valence electrons. The molecule has 0 unspecified atom stereocenters. The van der Waals surface area contributed by atoms with E-state index in [1.807, 2.05) is 41.1 Å². The van der Waals surface area contributed by atoms with Crippen LogP contribution in [-0.4, -0.2) is 17.2 Å². The summed E-state index contributed by atoms with van der Waals surface area (Å²) >= 11 is 0. The van der Waals surface area contributed by atoms with Crippen molar-refractivity contribution in [2.45, 2.75) is 31.8 Å². The summed E-state index contributed by atoms with van der Waals surface area (Å²) in [6, 6.07) is 10.5. The average Bonchev–Trinajstić information content (AvgIpc) is 3.21. The van der Waals surface area contributed by atoms with Crippen LogP contribution < -0.4 is 10.9 Å². The van der Waals surface area contributed by atoms with Gasteiger partial charge in [-0.25, -0.2) is 0 Å². The fourth-order valence-electron chi connectivity index (χ4n) is 2.25. The van der Waals surface area contributed by atoms with Crippen molar-refractivity contribution in [2.24, 2.45) is 0 Å². The molecule has 3 heteroatoms. The maximum absolute atomic E-state index is 12.2. The van der Waals surface area contributed by atoms with Crippen LogP contribution in [0.15, 0.2) is 41.3 Å². The Hall–Kier alpha value is -1.61. The van der Waals surface area contributed by atoms with Gasteiger partial charge in [-0.2, -0.15) is 0 Å². The van der Waals surface area contributed by atoms with Crippen LogP contribution in [0.1, 0.15) is 19.3 Å². The van der Waals surface area contributed by atoms with Gasteiger partial charge in [-0.1, -0.05) is 18.2 Å². The van der Waals surface area contributed by atoms with E-state index < -0.39 is 0 Å². The fraction of sp³-hybridized carbons (Fsp3) is 0.400. The maximum atomic E-state index is 12.2. The van der Waals surface area contributed by atoms with Crippen LogP contribution in [-0.2, 0) is 6.54 Å². The van der Waals surface area contributed by atoms with Crippen molar-refractivity contribution in [1.29, 1.82) is 0 Å². The largest absolute Gasteiger partial charge is 0.315 e. The van der Waals surface area contributed by atoms with Crippen molar-refractivity contribution in [3.05, 3.63) is 46.9 Å². The van der Waals surface area contributed by atoms with E-state index in [0.717, 1.165) is 36.3 Å². The highest BCUT2D eigenvalue weighted by Gasteiger charge is 2.19. The van der Waals surface area contributed by atoms with Gasteiger partial charge in [-0.3, -0.25) is 4.79 Å². The first-order chi connectivity index (χ1) is 8.84. The summed E-state index contributed by atoms with van der Waals surface area (Å²) in [5.41, 5.74) is 0.125. The second kappa shape index (κ2) is 4.94. The summed E-state index contributed by atoms with van der Waals surface area (Å²) in [5.74, 6) is 0. The number of rotatable bonds is 5. The normalized spacial score (nSPS) is 15.1. The third-order valence-corrected chi connectivity index (χ3v) is 3.47. The topological polar surface area (TPSA) is 34.0 Å². The molecule has 1 aliphatic rings. The molecule has 2 aromatic rings. The lowest BCUT2D eigenvalue weighted by molar-refractivity contribution is 0.571. The third-order valence-electron chi connectivity index (χ3n) is 3.47. The molecule has 0 bridgehead atoms. The van der Waals surface area contributed by atoms with E-state index in [2.05, 4.69) is 5.32 Å². The third kappa shape index (κ3) is 2.46. The Morgan fingerprint density at radius 1 is 1.22 bits per heavy atom. The minimum Gasteiger partial charge on any atom is -0.315 e. The maximum Gasteiger partial charge on any atom is 0.258 e. The van der Waals surface area contributed by atoms with Gasteiger partial charge in [0.05, 0.1) is 0 Å². The first-order valence-corrected chi connectivity index (χ1v) is 6.66. The molecule has 0 spiro atoms. The van der Waals surface area contributed by atoms with Crippen LogP contribution in [0.2, 0.25) is 0 Å². The van der Waals surface area contributed by atoms with Gasteiger partial charge < -0.3 is 9.88 Å². The molecular weight excluding hydrogens is 224 g/mol. The summed E-state index contributed by atoms with van der Waals surface area (Å²) in [6.07, 6.45) is 5.54. The van der Waals surface area contributed by atoms with Gasteiger partial charge in [0.1, 0.15) is 0 Å². The number of pyridine rings is 1. The minimum absolute atomic E-state index is 0.125. The minimum atomic E-state index is 0.125. The van der Waals surface area contributed by atoms with Crippen LogP contribution >= 0.6 is 0 Å². The van der Waals surface area contributed by atoms with Crippen LogP contribution in [0.3, 0.4) is 0 Å². The van der Waals surface area contributed by atoms with E-state index in [-0.39, 0.29) is 5.56 Å². The van der Waals surface area contributed by atoms with Gasteiger partial charge in [0.15, 0.2) is 0 Å². The zero-order chi connectivity index (χ0) is 12.4. The number of aromatic nitrogens is 1. The molecule has 0 saturated heterocycles. The highest BCUT2D eigenvalue weighted by molar-refractivity contribution is 5.81. The molecule has 0 radical (unpaired) electrons. The average molecular weight is 242 g/mol. The lowest BCUT2D eigenvalue weighted by Crippen LogP contribution is -2.23. The van der Waals surface area contributed by atoms with Crippen LogP contribution in [0.4, 0.5) is 0 Å². The van der Waals surface area contributed by atoms with E-state index >= 15 is 0 Å². The summed E-state index contributed by atoms with van der Waals surface area (Å²) in [5, 5.41) is 5.31. The second-order valence-corrected chi connectivity index (χ2v) is 4.98. The quantitative estimate of drug-likeness (QED) is 0.815. The van der Waals surface area contributed by atoms with Gasteiger partial charge >= 0.3 is 0 Å². The van der Waals surface area contributed by atoms with Gasteiger partial charge in [-0.15, -0.1) is 0 Å². The molecule has 3 rings (SSSR count). The first-order valence-electron chi connectivity index (χ1n) is 6.66. The van der Waals surface area contributed by atoms with Crippen molar-refractivity contribution < 1.29 is 0 Å². The predicted molar refractivity (Wildman–Crippen MR) is 73.8 cm³/mol. The summed E-state index contributed by atoms with van der Waals surface area (Å²) in [7, 11) is 0. The lowest BCUT2D eigenvalue weighted by Gasteiger charge is -2.07. The molecular formula is C15H18N2O. The number of hydrogen-bond acceptors (Lipinski definition) is 2. The van der Waals surface area contributed by atoms with Gasteiger partial charge in [-0.05, 0) is 43.3 Å². The molecule has 1 fully saturated rings. The standard InChI is InChI=1S/C15H18N2O/c18-15-14-5-2-1-4-12(14)8-11-17(15)10-3-9-16-13-6-7-13/h1-2,4-5,8,11,13,16H,3,6-7,9-10H2. The first kappa shape index (κ1) is 11.5. The highest BCUT2D eigenvalue weighted by Crippen LogP contribution is 2.18. The van der Waals surface area contributed by atoms with Gasteiger partial charge in [0.2, 0.25) is 0 Å². The van der Waals surface area contributed by atoms with Crippen LogP contribution in [0.5, 0.6) is 0 Å². The van der Waals surface area contributed by atoms with Crippen LogP contribution in [0.25, 0.3) is 10.8 Å². The number of aryl methyl sites for hydroxylation is 1. The Bertz CT molecular complexity index is 599. The Kier molecular flexibility index (Phi) is 3.15. The van der Waals surface area contributed by atoms with Crippen LogP contribution in [0, 0.1) is 0 Å².